The quantitative estimate of drug-likeness (QED) is 0.806. The number of aromatic nitrogens is 3. The van der Waals surface area contributed by atoms with Gasteiger partial charge in [-0.1, -0.05) is 12.8 Å². The maximum Gasteiger partial charge on any atom is 0.346 e. The van der Waals surface area contributed by atoms with Gasteiger partial charge in [0.1, 0.15) is 0 Å². The van der Waals surface area contributed by atoms with E-state index in [0.717, 1.165) is 16.9 Å². The van der Waals surface area contributed by atoms with Gasteiger partial charge in [0.15, 0.2) is 0 Å². The van der Waals surface area contributed by atoms with Crippen LogP contribution in [0, 0.1) is 5.92 Å². The second kappa shape index (κ2) is 4.35. The molecule has 1 unspecified atom stereocenters. The van der Waals surface area contributed by atoms with Crippen LogP contribution in [0.4, 0.5) is 5.82 Å². The van der Waals surface area contributed by atoms with Crippen LogP contribution >= 0.6 is 0 Å². The lowest BCUT2D eigenvalue weighted by Crippen LogP contribution is -2.40. The molecule has 1 aliphatic carbocycles. The van der Waals surface area contributed by atoms with Crippen molar-refractivity contribution >= 4 is 5.82 Å². The van der Waals surface area contributed by atoms with E-state index in [4.69, 9.17) is 0 Å². The van der Waals surface area contributed by atoms with Crippen LogP contribution in [0.2, 0.25) is 0 Å². The van der Waals surface area contributed by atoms with Crippen molar-refractivity contribution in [1.82, 2.24) is 14.3 Å². The standard InChI is InChI=1S/C11H18N4O2/c1-7(6-8-4-5-8)12-9-10(16)14(2)11(17)15(3)13-9/h7-8H,4-6H2,1-3H3,(H,12,13). The Hall–Kier alpha value is -1.59. The number of hydrogen-bond acceptors (Lipinski definition) is 4. The van der Waals surface area contributed by atoms with Gasteiger partial charge in [0.2, 0.25) is 5.82 Å². The fraction of sp³-hybridized carbons (Fsp3) is 0.727. The number of rotatable bonds is 4. The van der Waals surface area contributed by atoms with Crippen LogP contribution in [0.5, 0.6) is 0 Å². The highest BCUT2D eigenvalue weighted by atomic mass is 16.2. The number of aryl methyl sites for hydroxylation is 1. The smallest absolute Gasteiger partial charge is 0.346 e. The molecule has 2 rings (SSSR count). The van der Waals surface area contributed by atoms with Gasteiger partial charge in [-0.15, -0.1) is 5.10 Å². The Morgan fingerprint density at radius 1 is 1.41 bits per heavy atom. The van der Waals surface area contributed by atoms with E-state index in [1.54, 1.807) is 7.05 Å². The van der Waals surface area contributed by atoms with E-state index in [1.165, 1.54) is 24.6 Å². The van der Waals surface area contributed by atoms with Crippen LogP contribution in [0.25, 0.3) is 0 Å². The molecular formula is C11H18N4O2. The summed E-state index contributed by atoms with van der Waals surface area (Å²) < 4.78 is 2.24. The van der Waals surface area contributed by atoms with E-state index in [9.17, 15) is 9.59 Å². The maximum absolute atomic E-state index is 11.8. The molecule has 0 spiro atoms. The lowest BCUT2D eigenvalue weighted by molar-refractivity contribution is 0.588. The first kappa shape index (κ1) is 11.9. The van der Waals surface area contributed by atoms with Crippen molar-refractivity contribution in [2.45, 2.75) is 32.2 Å². The van der Waals surface area contributed by atoms with Gasteiger partial charge < -0.3 is 5.32 Å². The minimum absolute atomic E-state index is 0.209. The third kappa shape index (κ3) is 2.57. The number of nitrogens with zero attached hydrogens (tertiary/aromatic N) is 3. The highest BCUT2D eigenvalue weighted by Crippen LogP contribution is 2.33. The molecule has 1 N–H and O–H groups in total. The molecule has 1 fully saturated rings. The average molecular weight is 238 g/mol. The number of nitrogens with one attached hydrogen (secondary N) is 1. The molecule has 6 nitrogen and oxygen atoms in total. The molecule has 0 aromatic carbocycles. The summed E-state index contributed by atoms with van der Waals surface area (Å²) in [6.07, 6.45) is 3.61. The predicted molar refractivity (Wildman–Crippen MR) is 65.1 cm³/mol. The van der Waals surface area contributed by atoms with Crippen molar-refractivity contribution in [2.75, 3.05) is 5.32 Å². The predicted octanol–water partition coefficient (Wildman–Crippen LogP) is 0.0795. The van der Waals surface area contributed by atoms with Crippen molar-refractivity contribution in [3.63, 3.8) is 0 Å². The molecule has 1 atom stereocenters. The van der Waals surface area contributed by atoms with Crippen LogP contribution in [0.1, 0.15) is 26.2 Å². The van der Waals surface area contributed by atoms with Gasteiger partial charge in [-0.2, -0.15) is 0 Å². The van der Waals surface area contributed by atoms with Crippen molar-refractivity contribution in [3.05, 3.63) is 20.8 Å². The molecule has 1 aromatic heterocycles. The topological polar surface area (TPSA) is 68.9 Å². The average Bonchev–Trinajstić information content (AvgIpc) is 3.06. The third-order valence-electron chi connectivity index (χ3n) is 3.09. The summed E-state index contributed by atoms with van der Waals surface area (Å²) in [6.45, 7) is 2.03. The minimum Gasteiger partial charge on any atom is -0.362 e. The Balaban J connectivity index is 2.20. The van der Waals surface area contributed by atoms with Crippen LogP contribution in [-0.2, 0) is 14.1 Å². The van der Waals surface area contributed by atoms with Crippen molar-refractivity contribution in [1.29, 1.82) is 0 Å². The molecule has 1 aromatic rings. The van der Waals surface area contributed by atoms with Gasteiger partial charge in [0, 0.05) is 20.1 Å². The molecule has 17 heavy (non-hydrogen) atoms. The molecule has 0 radical (unpaired) electrons. The zero-order valence-corrected chi connectivity index (χ0v) is 10.4. The fourth-order valence-electron chi connectivity index (χ4n) is 1.93. The molecule has 0 amide bonds. The summed E-state index contributed by atoms with van der Waals surface area (Å²) in [7, 11) is 3.00. The molecule has 6 heteroatoms. The van der Waals surface area contributed by atoms with E-state index in [-0.39, 0.29) is 17.4 Å². The van der Waals surface area contributed by atoms with Crippen LogP contribution in [0.15, 0.2) is 9.59 Å². The largest absolute Gasteiger partial charge is 0.362 e. The van der Waals surface area contributed by atoms with E-state index in [0.29, 0.717) is 0 Å². The monoisotopic (exact) mass is 238 g/mol. The lowest BCUT2D eigenvalue weighted by atomic mass is 10.1. The molecular weight excluding hydrogens is 220 g/mol. The summed E-state index contributed by atoms with van der Waals surface area (Å²) >= 11 is 0. The fourth-order valence-corrected chi connectivity index (χ4v) is 1.93. The maximum atomic E-state index is 11.8. The number of hydrogen-bond donors (Lipinski definition) is 1. The summed E-state index contributed by atoms with van der Waals surface area (Å²) in [4.78, 5) is 23.3. The van der Waals surface area contributed by atoms with Crippen LogP contribution in [-0.4, -0.2) is 20.4 Å². The molecule has 0 aliphatic heterocycles. The summed E-state index contributed by atoms with van der Waals surface area (Å²) in [6, 6.07) is 0.209. The molecule has 1 heterocycles. The van der Waals surface area contributed by atoms with E-state index < -0.39 is 5.69 Å². The molecule has 1 saturated carbocycles. The van der Waals surface area contributed by atoms with Crippen molar-refractivity contribution < 1.29 is 0 Å². The van der Waals surface area contributed by atoms with Crippen molar-refractivity contribution in [2.24, 2.45) is 20.0 Å². The normalized spacial score (nSPS) is 16.9. The minimum atomic E-state index is -0.407. The molecule has 0 bridgehead atoms. The first-order valence-electron chi connectivity index (χ1n) is 5.90. The van der Waals surface area contributed by atoms with Gasteiger partial charge in [0.25, 0.3) is 5.56 Å². The summed E-state index contributed by atoms with van der Waals surface area (Å²) in [5, 5.41) is 7.05. The first-order valence-corrected chi connectivity index (χ1v) is 5.90. The highest BCUT2D eigenvalue weighted by molar-refractivity contribution is 5.30. The first-order chi connectivity index (χ1) is 7.99. The van der Waals surface area contributed by atoms with E-state index in [1.807, 2.05) is 6.92 Å². The Morgan fingerprint density at radius 2 is 2.06 bits per heavy atom. The van der Waals surface area contributed by atoms with Crippen LogP contribution < -0.4 is 16.6 Å². The summed E-state index contributed by atoms with van der Waals surface area (Å²) in [5.41, 5.74) is -0.772. The van der Waals surface area contributed by atoms with Gasteiger partial charge in [-0.25, -0.2) is 9.48 Å². The third-order valence-corrected chi connectivity index (χ3v) is 3.09. The van der Waals surface area contributed by atoms with Gasteiger partial charge in [-0.3, -0.25) is 9.36 Å². The Labute approximate surface area is 99.3 Å². The Kier molecular flexibility index (Phi) is 3.04. The Bertz CT molecular complexity index is 527. The Morgan fingerprint density at radius 3 is 2.65 bits per heavy atom. The van der Waals surface area contributed by atoms with Gasteiger partial charge in [-0.05, 0) is 19.3 Å². The molecule has 94 valence electrons. The van der Waals surface area contributed by atoms with Crippen molar-refractivity contribution in [3.8, 4) is 0 Å². The van der Waals surface area contributed by atoms with E-state index >= 15 is 0 Å². The second-order valence-corrected chi connectivity index (χ2v) is 4.84. The van der Waals surface area contributed by atoms with Gasteiger partial charge in [0.05, 0.1) is 0 Å². The zero-order chi connectivity index (χ0) is 12.6. The number of anilines is 1. The molecule has 0 saturated heterocycles. The second-order valence-electron chi connectivity index (χ2n) is 4.84. The van der Waals surface area contributed by atoms with E-state index in [2.05, 4.69) is 10.4 Å². The summed E-state index contributed by atoms with van der Waals surface area (Å²) in [5.74, 6) is 1.04. The molecule has 1 aliphatic rings. The van der Waals surface area contributed by atoms with Crippen LogP contribution in [0.3, 0.4) is 0 Å². The SMILES string of the molecule is CC(CC1CC1)Nc1nn(C)c(=O)n(C)c1=O. The zero-order valence-electron chi connectivity index (χ0n) is 10.4. The highest BCUT2D eigenvalue weighted by Gasteiger charge is 2.24. The lowest BCUT2D eigenvalue weighted by Gasteiger charge is -2.14. The van der Waals surface area contributed by atoms with Gasteiger partial charge >= 0.3 is 5.69 Å².